The van der Waals surface area contributed by atoms with Gasteiger partial charge in [-0.25, -0.2) is 9.07 Å². The van der Waals surface area contributed by atoms with Gasteiger partial charge < -0.3 is 14.8 Å². The first-order valence-corrected chi connectivity index (χ1v) is 12.1. The van der Waals surface area contributed by atoms with E-state index in [0.717, 1.165) is 29.7 Å². The van der Waals surface area contributed by atoms with E-state index in [2.05, 4.69) is 10.4 Å². The maximum atomic E-state index is 13.7. The average Bonchev–Trinajstić information content (AvgIpc) is 3.56. The van der Waals surface area contributed by atoms with Crippen LogP contribution in [0.1, 0.15) is 34.3 Å². The van der Waals surface area contributed by atoms with Crippen molar-refractivity contribution in [3.63, 3.8) is 0 Å². The Morgan fingerprint density at radius 3 is 2.56 bits per heavy atom. The molecule has 1 unspecified atom stereocenters. The number of hydrogen-bond donors (Lipinski definition) is 1. The Bertz CT molecular complexity index is 1390. The summed E-state index contributed by atoms with van der Waals surface area (Å²) in [4.78, 5) is 28.5. The third-order valence-corrected chi connectivity index (χ3v) is 6.62. The van der Waals surface area contributed by atoms with Gasteiger partial charge in [0.1, 0.15) is 11.4 Å². The Morgan fingerprint density at radius 2 is 1.81 bits per heavy atom. The molecule has 184 valence electrons. The van der Waals surface area contributed by atoms with Gasteiger partial charge in [0.05, 0.1) is 17.8 Å². The number of nitrogens with zero attached hydrogens (tertiary/aromatic N) is 4. The fourth-order valence-electron chi connectivity index (χ4n) is 4.64. The summed E-state index contributed by atoms with van der Waals surface area (Å²) < 4.78 is 16.9. The Balaban J connectivity index is 1.40. The summed E-state index contributed by atoms with van der Waals surface area (Å²) in [6.07, 6.45) is 6.68. The molecule has 0 saturated carbocycles. The number of piperidine rings is 1. The minimum atomic E-state index is -0.344. The van der Waals surface area contributed by atoms with E-state index >= 15 is 0 Å². The summed E-state index contributed by atoms with van der Waals surface area (Å²) in [5.41, 5.74) is 3.95. The van der Waals surface area contributed by atoms with Gasteiger partial charge in [-0.15, -0.1) is 0 Å². The fourth-order valence-corrected chi connectivity index (χ4v) is 4.64. The minimum absolute atomic E-state index is 0.0751. The number of hydrogen-bond acceptors (Lipinski definition) is 3. The molecule has 7 nitrogen and oxygen atoms in total. The largest absolute Gasteiger partial charge is 0.338 e. The van der Waals surface area contributed by atoms with E-state index in [0.29, 0.717) is 30.2 Å². The summed E-state index contributed by atoms with van der Waals surface area (Å²) in [6.45, 7) is 4.86. The van der Waals surface area contributed by atoms with Crippen LogP contribution in [0.2, 0.25) is 0 Å². The number of benzene rings is 2. The molecular formula is C28H28FN5O2. The second-order valence-electron chi connectivity index (χ2n) is 9.26. The van der Waals surface area contributed by atoms with Gasteiger partial charge in [0.25, 0.3) is 5.91 Å². The van der Waals surface area contributed by atoms with Crippen LogP contribution in [-0.2, 0) is 4.79 Å². The molecule has 2 aromatic heterocycles. The number of carbonyl (C=O) groups is 2. The van der Waals surface area contributed by atoms with Gasteiger partial charge in [-0.1, -0.05) is 12.1 Å². The van der Waals surface area contributed by atoms with Crippen molar-refractivity contribution in [3.05, 3.63) is 95.7 Å². The number of aryl methyl sites for hydroxylation is 2. The number of nitrogens with one attached hydrogen (secondary N) is 1. The van der Waals surface area contributed by atoms with Crippen molar-refractivity contribution in [3.8, 4) is 11.5 Å². The molecule has 1 aliphatic rings. The van der Waals surface area contributed by atoms with E-state index < -0.39 is 0 Å². The normalized spacial score (nSPS) is 15.6. The first-order chi connectivity index (χ1) is 17.4. The summed E-state index contributed by atoms with van der Waals surface area (Å²) in [5, 5.41) is 7.52. The molecule has 2 amide bonds. The molecule has 1 fully saturated rings. The molecule has 1 atom stereocenters. The maximum Gasteiger partial charge on any atom is 0.259 e. The van der Waals surface area contributed by atoms with E-state index in [1.54, 1.807) is 27.9 Å². The predicted octanol–water partition coefficient (Wildman–Crippen LogP) is 4.91. The standard InChI is InChI=1S/C28H28FN5O2/c1-19-7-8-20(2)25(16-19)31-26(35)21-6-5-15-33(18-21)28(36)24-17-30-34(23-11-9-22(29)10-12-23)27(24)32-13-3-4-14-32/h3-4,7-14,16-17,21H,5-6,15,18H2,1-2H3,(H,31,35). The number of rotatable bonds is 5. The number of aromatic nitrogens is 3. The fraction of sp³-hybridized carbons (Fsp3) is 0.250. The van der Waals surface area contributed by atoms with Crippen molar-refractivity contribution in [2.75, 3.05) is 18.4 Å². The highest BCUT2D eigenvalue weighted by atomic mass is 19.1. The number of amides is 2. The molecule has 3 heterocycles. The molecule has 2 aromatic carbocycles. The molecular weight excluding hydrogens is 457 g/mol. The van der Waals surface area contributed by atoms with Crippen molar-refractivity contribution < 1.29 is 14.0 Å². The smallest absolute Gasteiger partial charge is 0.259 e. The van der Waals surface area contributed by atoms with Gasteiger partial charge >= 0.3 is 0 Å². The molecule has 1 aliphatic heterocycles. The van der Waals surface area contributed by atoms with Crippen molar-refractivity contribution in [2.45, 2.75) is 26.7 Å². The van der Waals surface area contributed by atoms with Crippen molar-refractivity contribution in [2.24, 2.45) is 5.92 Å². The zero-order valence-corrected chi connectivity index (χ0v) is 20.3. The molecule has 4 aromatic rings. The lowest BCUT2D eigenvalue weighted by molar-refractivity contribution is -0.121. The molecule has 0 aliphatic carbocycles. The highest BCUT2D eigenvalue weighted by Gasteiger charge is 2.31. The monoisotopic (exact) mass is 485 g/mol. The van der Waals surface area contributed by atoms with E-state index in [1.165, 1.54) is 12.1 Å². The first kappa shape index (κ1) is 23.5. The quantitative estimate of drug-likeness (QED) is 0.437. The molecule has 0 spiro atoms. The zero-order chi connectivity index (χ0) is 25.2. The lowest BCUT2D eigenvalue weighted by atomic mass is 9.96. The summed E-state index contributed by atoms with van der Waals surface area (Å²) in [5.74, 6) is -0.336. The van der Waals surface area contributed by atoms with Gasteiger partial charge in [0.2, 0.25) is 5.91 Å². The van der Waals surface area contributed by atoms with Gasteiger partial charge in [-0.05, 0) is 80.3 Å². The van der Waals surface area contributed by atoms with Crippen LogP contribution in [-0.4, -0.2) is 44.2 Å². The van der Waals surface area contributed by atoms with Gasteiger partial charge in [-0.3, -0.25) is 9.59 Å². The van der Waals surface area contributed by atoms with Crippen molar-refractivity contribution >= 4 is 17.5 Å². The molecule has 5 rings (SSSR count). The molecule has 1 saturated heterocycles. The van der Waals surface area contributed by atoms with Crippen LogP contribution in [0.5, 0.6) is 0 Å². The maximum absolute atomic E-state index is 13.7. The Hall–Kier alpha value is -4.20. The van der Waals surface area contributed by atoms with E-state index in [1.807, 2.05) is 61.1 Å². The summed E-state index contributed by atoms with van der Waals surface area (Å²) in [7, 11) is 0. The Morgan fingerprint density at radius 1 is 1.06 bits per heavy atom. The third-order valence-electron chi connectivity index (χ3n) is 6.62. The molecule has 36 heavy (non-hydrogen) atoms. The van der Waals surface area contributed by atoms with Gasteiger partial charge in [0.15, 0.2) is 5.82 Å². The van der Waals surface area contributed by atoms with Crippen LogP contribution in [0.25, 0.3) is 11.5 Å². The third kappa shape index (κ3) is 4.66. The summed E-state index contributed by atoms with van der Waals surface area (Å²) in [6, 6.07) is 15.7. The molecule has 0 radical (unpaired) electrons. The van der Waals surface area contributed by atoms with Crippen molar-refractivity contribution in [1.82, 2.24) is 19.2 Å². The lowest BCUT2D eigenvalue weighted by Crippen LogP contribution is -2.44. The molecule has 1 N–H and O–H groups in total. The van der Waals surface area contributed by atoms with Gasteiger partial charge in [0, 0.05) is 31.2 Å². The van der Waals surface area contributed by atoms with Crippen LogP contribution >= 0.6 is 0 Å². The highest BCUT2D eigenvalue weighted by molar-refractivity contribution is 5.98. The Kier molecular flexibility index (Phi) is 6.41. The van der Waals surface area contributed by atoms with E-state index in [9.17, 15) is 14.0 Å². The van der Waals surface area contributed by atoms with Crippen molar-refractivity contribution in [1.29, 1.82) is 0 Å². The number of likely N-dealkylation sites (tertiary alicyclic amines) is 1. The zero-order valence-electron chi connectivity index (χ0n) is 20.3. The molecule has 0 bridgehead atoms. The second-order valence-corrected chi connectivity index (χ2v) is 9.26. The first-order valence-electron chi connectivity index (χ1n) is 12.1. The van der Waals surface area contributed by atoms with Gasteiger partial charge in [-0.2, -0.15) is 5.10 Å². The van der Waals surface area contributed by atoms with Crippen LogP contribution < -0.4 is 5.32 Å². The Labute approximate surface area is 209 Å². The lowest BCUT2D eigenvalue weighted by Gasteiger charge is -2.32. The van der Waals surface area contributed by atoms with Crippen LogP contribution in [0.15, 0.2) is 73.2 Å². The number of carbonyl (C=O) groups excluding carboxylic acids is 2. The van der Waals surface area contributed by atoms with Crippen LogP contribution in [0.3, 0.4) is 0 Å². The number of halogens is 1. The number of anilines is 1. The van der Waals surface area contributed by atoms with Crippen LogP contribution in [0.4, 0.5) is 10.1 Å². The van der Waals surface area contributed by atoms with E-state index in [4.69, 9.17) is 0 Å². The predicted molar refractivity (Wildman–Crippen MR) is 136 cm³/mol. The highest BCUT2D eigenvalue weighted by Crippen LogP contribution is 2.26. The second kappa shape index (κ2) is 9.81. The summed E-state index contributed by atoms with van der Waals surface area (Å²) >= 11 is 0. The van der Waals surface area contributed by atoms with Crippen LogP contribution in [0, 0.1) is 25.6 Å². The molecule has 8 heteroatoms. The average molecular weight is 486 g/mol. The minimum Gasteiger partial charge on any atom is -0.338 e. The SMILES string of the molecule is Cc1ccc(C)c(NC(=O)C2CCCN(C(=O)c3cnn(-c4ccc(F)cc4)c3-n3cccc3)C2)c1. The topological polar surface area (TPSA) is 72.2 Å². The van der Waals surface area contributed by atoms with E-state index in [-0.39, 0.29) is 23.5 Å².